The second-order valence-electron chi connectivity index (χ2n) is 6.18. The van der Waals surface area contributed by atoms with E-state index in [1.54, 1.807) is 0 Å². The highest BCUT2D eigenvalue weighted by molar-refractivity contribution is 7.10. The minimum atomic E-state index is -0.694. The molecule has 2 aromatic rings. The monoisotopic (exact) mass is 361 g/mol. The average molecular weight is 361 g/mol. The Kier molecular flexibility index (Phi) is 5.93. The molecule has 6 nitrogen and oxygen atoms in total. The molecule has 1 aromatic carbocycles. The number of aromatic nitrogens is 1. The van der Waals surface area contributed by atoms with Crippen LogP contribution in [0.4, 0.5) is 20.8 Å². The highest BCUT2D eigenvalue weighted by atomic mass is 32.1. The zero-order valence-corrected chi connectivity index (χ0v) is 15.1. The van der Waals surface area contributed by atoms with E-state index < -0.39 is 17.8 Å². The molecule has 132 valence electrons. The van der Waals surface area contributed by atoms with Crippen molar-refractivity contribution in [2.45, 2.75) is 33.2 Å². The number of primary amides is 1. The van der Waals surface area contributed by atoms with Gasteiger partial charge in [0.1, 0.15) is 22.9 Å². The van der Waals surface area contributed by atoms with Crippen molar-refractivity contribution >= 4 is 33.8 Å². The van der Waals surface area contributed by atoms with Gasteiger partial charge < -0.3 is 16.4 Å². The predicted molar refractivity (Wildman–Crippen MR) is 97.3 cm³/mol. The first kappa shape index (κ1) is 18.7. The standard InChI is InChI=1S/C17H20FN5OS/c1-9(2)4-15(17(20)24)21-14-7-13(11(8-19)6-12(14)18)22-16-5-10(3)23-25-16/h5-7,9,15,21-22H,4H2,1-3H3,(H2,20,24)/t15-/m1/s1. The molecule has 0 unspecified atom stereocenters. The van der Waals surface area contributed by atoms with Crippen LogP contribution in [0.1, 0.15) is 31.5 Å². The second-order valence-corrected chi connectivity index (χ2v) is 6.98. The van der Waals surface area contributed by atoms with Crippen LogP contribution >= 0.6 is 11.5 Å². The molecule has 0 aliphatic heterocycles. The summed E-state index contributed by atoms with van der Waals surface area (Å²) in [5.74, 6) is -0.952. The number of nitrogens with one attached hydrogen (secondary N) is 2. The molecule has 25 heavy (non-hydrogen) atoms. The molecule has 0 aliphatic rings. The largest absolute Gasteiger partial charge is 0.371 e. The molecule has 0 aliphatic carbocycles. The maximum atomic E-state index is 14.3. The van der Waals surface area contributed by atoms with Crippen molar-refractivity contribution in [1.82, 2.24) is 4.37 Å². The van der Waals surface area contributed by atoms with E-state index in [1.807, 2.05) is 32.9 Å². The lowest BCUT2D eigenvalue weighted by Crippen LogP contribution is -2.36. The molecular weight excluding hydrogens is 341 g/mol. The molecule has 1 heterocycles. The van der Waals surface area contributed by atoms with Crippen LogP contribution in [0.5, 0.6) is 0 Å². The van der Waals surface area contributed by atoms with Crippen LogP contribution in [0.3, 0.4) is 0 Å². The van der Waals surface area contributed by atoms with Crippen LogP contribution in [-0.2, 0) is 4.79 Å². The van der Waals surface area contributed by atoms with Crippen molar-refractivity contribution in [2.24, 2.45) is 11.7 Å². The van der Waals surface area contributed by atoms with Crippen LogP contribution < -0.4 is 16.4 Å². The van der Waals surface area contributed by atoms with Gasteiger partial charge in [0, 0.05) is 0 Å². The van der Waals surface area contributed by atoms with Crippen LogP contribution in [0.25, 0.3) is 0 Å². The summed E-state index contributed by atoms with van der Waals surface area (Å²) in [6, 6.07) is 5.70. The number of amides is 1. The fraction of sp³-hybridized carbons (Fsp3) is 0.353. The van der Waals surface area contributed by atoms with E-state index in [4.69, 9.17) is 5.73 Å². The van der Waals surface area contributed by atoms with Crippen LogP contribution in [-0.4, -0.2) is 16.3 Å². The Bertz CT molecular complexity index is 812. The summed E-state index contributed by atoms with van der Waals surface area (Å²) in [5, 5.41) is 15.9. The second kappa shape index (κ2) is 7.94. The molecule has 0 saturated carbocycles. The van der Waals surface area contributed by atoms with Crippen molar-refractivity contribution in [2.75, 3.05) is 10.6 Å². The zero-order chi connectivity index (χ0) is 18.6. The third kappa shape index (κ3) is 4.90. The van der Waals surface area contributed by atoms with Crippen molar-refractivity contribution in [3.63, 3.8) is 0 Å². The lowest BCUT2D eigenvalue weighted by atomic mass is 10.0. The minimum Gasteiger partial charge on any atom is -0.371 e. The molecule has 1 atom stereocenters. The quantitative estimate of drug-likeness (QED) is 0.700. The smallest absolute Gasteiger partial charge is 0.239 e. The number of halogens is 1. The van der Waals surface area contributed by atoms with Crippen LogP contribution in [0.15, 0.2) is 18.2 Å². The first-order valence-corrected chi connectivity index (χ1v) is 8.57. The van der Waals surface area contributed by atoms with Gasteiger partial charge in [-0.1, -0.05) is 13.8 Å². The molecule has 1 amide bonds. The maximum Gasteiger partial charge on any atom is 0.239 e. The number of nitriles is 1. The van der Waals surface area contributed by atoms with Crippen molar-refractivity contribution < 1.29 is 9.18 Å². The summed E-state index contributed by atoms with van der Waals surface area (Å²) < 4.78 is 18.5. The molecule has 0 fully saturated rings. The van der Waals surface area contributed by atoms with Crippen LogP contribution in [0, 0.1) is 30.0 Å². The predicted octanol–water partition coefficient (Wildman–Crippen LogP) is 3.52. The summed E-state index contributed by atoms with van der Waals surface area (Å²) in [7, 11) is 0. The van der Waals surface area contributed by atoms with E-state index in [0.29, 0.717) is 12.1 Å². The van der Waals surface area contributed by atoms with Crippen molar-refractivity contribution in [3.05, 3.63) is 35.3 Å². The van der Waals surface area contributed by atoms with E-state index >= 15 is 0 Å². The molecule has 0 bridgehead atoms. The molecule has 0 spiro atoms. The van der Waals surface area contributed by atoms with Gasteiger partial charge in [-0.15, -0.1) is 0 Å². The fourth-order valence-corrected chi connectivity index (χ4v) is 3.01. The first-order chi connectivity index (χ1) is 11.8. The summed E-state index contributed by atoms with van der Waals surface area (Å²) >= 11 is 1.24. The Labute approximate surface area is 150 Å². The number of aryl methyl sites for hydroxylation is 1. The average Bonchev–Trinajstić information content (AvgIpc) is 2.94. The highest BCUT2D eigenvalue weighted by Crippen LogP contribution is 2.29. The first-order valence-electron chi connectivity index (χ1n) is 7.80. The third-order valence-electron chi connectivity index (χ3n) is 3.49. The van der Waals surface area contributed by atoms with Crippen molar-refractivity contribution in [3.8, 4) is 6.07 Å². The summed E-state index contributed by atoms with van der Waals surface area (Å²) in [5.41, 5.74) is 6.96. The van der Waals surface area contributed by atoms with Gasteiger partial charge in [-0.3, -0.25) is 4.79 Å². The van der Waals surface area contributed by atoms with Gasteiger partial charge in [-0.25, -0.2) is 4.39 Å². The number of anilines is 3. The lowest BCUT2D eigenvalue weighted by molar-refractivity contribution is -0.119. The molecule has 0 saturated heterocycles. The summed E-state index contributed by atoms with van der Waals surface area (Å²) in [6.07, 6.45) is 0.478. The number of carbonyl (C=O) groups is 1. The van der Waals surface area contributed by atoms with E-state index in [9.17, 15) is 14.4 Å². The van der Waals surface area contributed by atoms with E-state index in [-0.39, 0.29) is 17.2 Å². The van der Waals surface area contributed by atoms with Crippen molar-refractivity contribution in [1.29, 1.82) is 5.26 Å². The van der Waals surface area contributed by atoms with E-state index in [0.717, 1.165) is 16.8 Å². The minimum absolute atomic E-state index is 0.118. The SMILES string of the molecule is Cc1cc(Nc2cc(N[C@H](CC(C)C)C(N)=O)c(F)cc2C#N)sn1. The summed E-state index contributed by atoms with van der Waals surface area (Å²) in [4.78, 5) is 11.6. The summed E-state index contributed by atoms with van der Waals surface area (Å²) in [6.45, 7) is 5.76. The van der Waals surface area contributed by atoms with E-state index in [2.05, 4.69) is 15.0 Å². The van der Waals surface area contributed by atoms with Crippen LogP contribution in [0.2, 0.25) is 0 Å². The number of rotatable bonds is 7. The maximum absolute atomic E-state index is 14.3. The fourth-order valence-electron chi connectivity index (χ4n) is 2.34. The van der Waals surface area contributed by atoms with Gasteiger partial charge in [0.25, 0.3) is 0 Å². The van der Waals surface area contributed by atoms with Gasteiger partial charge in [0.2, 0.25) is 5.91 Å². The number of carbonyl (C=O) groups excluding carboxylic acids is 1. The molecule has 2 rings (SSSR count). The molecule has 0 radical (unpaired) electrons. The normalized spacial score (nSPS) is 11.8. The topological polar surface area (TPSA) is 104 Å². The van der Waals surface area contributed by atoms with Gasteiger partial charge in [0.15, 0.2) is 0 Å². The lowest BCUT2D eigenvalue weighted by Gasteiger charge is -2.20. The zero-order valence-electron chi connectivity index (χ0n) is 14.3. The Morgan fingerprint density at radius 1 is 1.40 bits per heavy atom. The van der Waals surface area contributed by atoms with E-state index in [1.165, 1.54) is 17.6 Å². The number of benzene rings is 1. The van der Waals surface area contributed by atoms with Gasteiger partial charge in [0.05, 0.1) is 22.6 Å². The molecule has 1 aromatic heterocycles. The van der Waals surface area contributed by atoms with Gasteiger partial charge in [-0.2, -0.15) is 9.64 Å². The van der Waals surface area contributed by atoms with Gasteiger partial charge in [-0.05, 0) is 49.0 Å². The Morgan fingerprint density at radius 2 is 2.12 bits per heavy atom. The third-order valence-corrected chi connectivity index (χ3v) is 4.29. The number of nitrogens with zero attached hydrogens (tertiary/aromatic N) is 2. The number of hydrogen-bond donors (Lipinski definition) is 3. The molecular formula is C17H20FN5OS. The Hall–Kier alpha value is -2.66. The Morgan fingerprint density at radius 3 is 2.64 bits per heavy atom. The molecule has 8 heteroatoms. The Balaban J connectivity index is 2.33. The number of hydrogen-bond acceptors (Lipinski definition) is 6. The highest BCUT2D eigenvalue weighted by Gasteiger charge is 2.20. The number of nitrogens with two attached hydrogens (primary N) is 1. The van der Waals surface area contributed by atoms with Gasteiger partial charge >= 0.3 is 0 Å². The molecule has 4 N–H and O–H groups in total.